The number of nitrogens with two attached hydrogens (primary N) is 1. The summed E-state index contributed by atoms with van der Waals surface area (Å²) < 4.78 is 0. The van der Waals surface area contributed by atoms with Gasteiger partial charge >= 0.3 is 6.03 Å². The fourth-order valence-corrected chi connectivity index (χ4v) is 1.46. The predicted octanol–water partition coefficient (Wildman–Crippen LogP) is 0.325. The van der Waals surface area contributed by atoms with Crippen LogP contribution in [0.15, 0.2) is 30.3 Å². The van der Waals surface area contributed by atoms with Crippen LogP contribution in [0.25, 0.3) is 0 Å². The van der Waals surface area contributed by atoms with E-state index in [1.807, 2.05) is 30.3 Å². The number of rotatable bonds is 1. The third kappa shape index (κ3) is 1.48. The summed E-state index contributed by atoms with van der Waals surface area (Å²) in [7, 11) is 0. The second-order valence-corrected chi connectivity index (χ2v) is 3.03. The molecule has 1 heterocycles. The Morgan fingerprint density at radius 1 is 1.15 bits per heavy atom. The lowest BCUT2D eigenvalue weighted by atomic mass is 10.1. The molecule has 0 bridgehead atoms. The molecular weight excluding hydrogens is 166 g/mol. The molecule has 1 fully saturated rings. The molecule has 4 N–H and O–H groups in total. The van der Waals surface area contributed by atoms with E-state index >= 15 is 0 Å². The summed E-state index contributed by atoms with van der Waals surface area (Å²) in [6, 6.07) is 9.34. The lowest BCUT2D eigenvalue weighted by Gasteiger charge is -2.13. The van der Waals surface area contributed by atoms with E-state index in [4.69, 9.17) is 5.73 Å². The quantitative estimate of drug-likeness (QED) is 0.578. The molecule has 68 valence electrons. The van der Waals surface area contributed by atoms with Crippen LogP contribution < -0.4 is 16.4 Å². The maximum Gasteiger partial charge on any atom is 0.316 e. The molecule has 13 heavy (non-hydrogen) atoms. The molecule has 0 aromatic heterocycles. The van der Waals surface area contributed by atoms with Gasteiger partial charge in [-0.3, -0.25) is 0 Å². The summed E-state index contributed by atoms with van der Waals surface area (Å²) in [5.41, 5.74) is 6.73. The smallest absolute Gasteiger partial charge is 0.316 e. The normalized spacial score (nSPS) is 26.7. The molecule has 2 unspecified atom stereocenters. The number of carbonyl (C=O) groups excluding carboxylic acids is 1. The van der Waals surface area contributed by atoms with Gasteiger partial charge in [-0.1, -0.05) is 30.3 Å². The maximum atomic E-state index is 10.9. The van der Waals surface area contributed by atoms with Crippen LogP contribution in [0.2, 0.25) is 0 Å². The van der Waals surface area contributed by atoms with Crippen molar-refractivity contribution in [2.24, 2.45) is 5.73 Å². The van der Waals surface area contributed by atoms with E-state index in [1.165, 1.54) is 0 Å². The van der Waals surface area contributed by atoms with E-state index in [1.54, 1.807) is 0 Å². The van der Waals surface area contributed by atoms with Crippen LogP contribution in [0.1, 0.15) is 11.6 Å². The van der Waals surface area contributed by atoms with Gasteiger partial charge in [-0.15, -0.1) is 0 Å². The second-order valence-electron chi connectivity index (χ2n) is 3.03. The van der Waals surface area contributed by atoms with Gasteiger partial charge in [-0.25, -0.2) is 4.79 Å². The van der Waals surface area contributed by atoms with E-state index in [9.17, 15) is 4.79 Å². The average molecular weight is 177 g/mol. The molecule has 0 saturated carbocycles. The number of carbonyl (C=O) groups is 1. The first kappa shape index (κ1) is 8.07. The molecule has 4 nitrogen and oxygen atoms in total. The number of hydrogen-bond acceptors (Lipinski definition) is 2. The van der Waals surface area contributed by atoms with Crippen molar-refractivity contribution in [2.45, 2.75) is 12.2 Å². The van der Waals surface area contributed by atoms with Crippen molar-refractivity contribution in [3.8, 4) is 0 Å². The third-order valence-corrected chi connectivity index (χ3v) is 2.10. The summed E-state index contributed by atoms with van der Waals surface area (Å²) in [6.07, 6.45) is -0.338. The molecule has 0 radical (unpaired) electrons. The highest BCUT2D eigenvalue weighted by atomic mass is 16.2. The van der Waals surface area contributed by atoms with E-state index in [2.05, 4.69) is 10.6 Å². The van der Waals surface area contributed by atoms with Gasteiger partial charge in [0.15, 0.2) is 0 Å². The molecule has 2 amide bonds. The fraction of sp³-hybridized carbons (Fsp3) is 0.222. The first-order valence-corrected chi connectivity index (χ1v) is 4.15. The molecule has 2 atom stereocenters. The molecular formula is C9H11N3O. The van der Waals surface area contributed by atoms with Crippen LogP contribution in [0.5, 0.6) is 0 Å². The Balaban J connectivity index is 2.23. The van der Waals surface area contributed by atoms with Crippen molar-refractivity contribution in [1.82, 2.24) is 10.6 Å². The minimum atomic E-state index is -0.338. The lowest BCUT2D eigenvalue weighted by Crippen LogP contribution is -2.36. The van der Waals surface area contributed by atoms with Crippen molar-refractivity contribution >= 4 is 6.03 Å². The van der Waals surface area contributed by atoms with Crippen LogP contribution in [-0.2, 0) is 0 Å². The molecule has 4 heteroatoms. The Bertz CT molecular complexity index is 312. The van der Waals surface area contributed by atoms with Gasteiger partial charge in [-0.05, 0) is 5.56 Å². The number of nitrogens with one attached hydrogen (secondary N) is 2. The van der Waals surface area contributed by atoms with E-state index < -0.39 is 0 Å². The Morgan fingerprint density at radius 3 is 2.38 bits per heavy atom. The Kier molecular flexibility index (Phi) is 1.90. The van der Waals surface area contributed by atoms with Gasteiger partial charge in [0.05, 0.1) is 6.04 Å². The zero-order chi connectivity index (χ0) is 9.26. The van der Waals surface area contributed by atoms with Gasteiger partial charge in [-0.2, -0.15) is 0 Å². The van der Waals surface area contributed by atoms with E-state index in [-0.39, 0.29) is 18.2 Å². The summed E-state index contributed by atoms with van der Waals surface area (Å²) in [5.74, 6) is 0. The molecule has 1 aromatic rings. The predicted molar refractivity (Wildman–Crippen MR) is 48.8 cm³/mol. The first-order chi connectivity index (χ1) is 6.27. The highest BCUT2D eigenvalue weighted by Gasteiger charge is 2.29. The molecule has 2 rings (SSSR count). The fourth-order valence-electron chi connectivity index (χ4n) is 1.46. The highest BCUT2D eigenvalue weighted by Crippen LogP contribution is 2.17. The van der Waals surface area contributed by atoms with Gasteiger partial charge in [0.25, 0.3) is 0 Å². The lowest BCUT2D eigenvalue weighted by molar-refractivity contribution is 0.247. The molecule has 0 spiro atoms. The van der Waals surface area contributed by atoms with Crippen molar-refractivity contribution in [2.75, 3.05) is 0 Å². The molecule has 1 aliphatic rings. The van der Waals surface area contributed by atoms with Gasteiger partial charge in [0.2, 0.25) is 0 Å². The van der Waals surface area contributed by atoms with Gasteiger partial charge in [0, 0.05) is 0 Å². The largest absolute Gasteiger partial charge is 0.328 e. The minimum Gasteiger partial charge on any atom is -0.328 e. The third-order valence-electron chi connectivity index (χ3n) is 2.10. The van der Waals surface area contributed by atoms with E-state index in [0.29, 0.717) is 0 Å². The Morgan fingerprint density at radius 2 is 1.85 bits per heavy atom. The Hall–Kier alpha value is -1.55. The number of amides is 2. The van der Waals surface area contributed by atoms with Gasteiger partial charge in [0.1, 0.15) is 6.17 Å². The number of benzene rings is 1. The van der Waals surface area contributed by atoms with Crippen LogP contribution >= 0.6 is 0 Å². The standard InChI is InChI=1S/C9H11N3O/c10-8-7(11-9(13)12-8)6-4-2-1-3-5-6/h1-5,7-8H,10H2,(H2,11,12,13). The topological polar surface area (TPSA) is 67.1 Å². The molecule has 1 aromatic carbocycles. The molecule has 0 aliphatic carbocycles. The van der Waals surface area contributed by atoms with Crippen molar-refractivity contribution in [3.63, 3.8) is 0 Å². The minimum absolute atomic E-state index is 0.117. The molecule has 1 aliphatic heterocycles. The summed E-state index contributed by atoms with van der Waals surface area (Å²) in [5, 5.41) is 5.34. The monoisotopic (exact) mass is 177 g/mol. The average Bonchev–Trinajstić information content (AvgIpc) is 2.47. The summed E-state index contributed by atoms with van der Waals surface area (Å²) in [6.45, 7) is 0. The van der Waals surface area contributed by atoms with Gasteiger partial charge < -0.3 is 16.4 Å². The first-order valence-electron chi connectivity index (χ1n) is 4.15. The van der Waals surface area contributed by atoms with Crippen LogP contribution in [0.3, 0.4) is 0 Å². The van der Waals surface area contributed by atoms with Crippen molar-refractivity contribution in [3.05, 3.63) is 35.9 Å². The zero-order valence-electron chi connectivity index (χ0n) is 7.03. The van der Waals surface area contributed by atoms with E-state index in [0.717, 1.165) is 5.56 Å². The summed E-state index contributed by atoms with van der Waals surface area (Å²) >= 11 is 0. The number of hydrogen-bond donors (Lipinski definition) is 3. The van der Waals surface area contributed by atoms with Crippen LogP contribution in [0, 0.1) is 0 Å². The summed E-state index contributed by atoms with van der Waals surface area (Å²) in [4.78, 5) is 10.9. The zero-order valence-corrected chi connectivity index (χ0v) is 7.03. The second kappa shape index (κ2) is 3.06. The number of urea groups is 1. The van der Waals surface area contributed by atoms with Crippen molar-refractivity contribution < 1.29 is 4.79 Å². The van der Waals surface area contributed by atoms with Crippen LogP contribution in [0.4, 0.5) is 4.79 Å². The SMILES string of the molecule is NC1NC(=O)NC1c1ccccc1. The van der Waals surface area contributed by atoms with Crippen LogP contribution in [-0.4, -0.2) is 12.2 Å². The maximum absolute atomic E-state index is 10.9. The molecule has 1 saturated heterocycles. The van der Waals surface area contributed by atoms with Crippen molar-refractivity contribution in [1.29, 1.82) is 0 Å². The Labute approximate surface area is 76.1 Å². The highest BCUT2D eigenvalue weighted by molar-refractivity contribution is 5.77.